The van der Waals surface area contributed by atoms with Crippen LogP contribution in [0.4, 0.5) is 20.2 Å². The molecule has 0 bridgehead atoms. The van der Waals surface area contributed by atoms with Gasteiger partial charge in [-0.1, -0.05) is 19.4 Å². The zero-order valence-electron chi connectivity index (χ0n) is 13.2. The molecule has 0 atom stereocenters. The Hall–Kier alpha value is -2.76. The van der Waals surface area contributed by atoms with E-state index in [0.717, 1.165) is 12.7 Å². The van der Waals surface area contributed by atoms with Crippen LogP contribution in [0.1, 0.15) is 35.7 Å². The van der Waals surface area contributed by atoms with Crippen LogP contribution in [0.25, 0.3) is 0 Å². The van der Waals surface area contributed by atoms with Crippen LogP contribution in [0.2, 0.25) is 0 Å². The lowest BCUT2D eigenvalue weighted by atomic mass is 10.0. The second kappa shape index (κ2) is 8.19. The summed E-state index contributed by atoms with van der Waals surface area (Å²) in [6.45, 7) is -0.920. The number of hydrogen-bond acceptors (Lipinski definition) is 4. The van der Waals surface area contributed by atoms with Crippen LogP contribution in [-0.2, 0) is 0 Å². The standard InChI is InChI=1S/C18H18F2N2O2/c1-2-4-16(21)15-9-12(11-23)7-8-17(15)22-13-5-3-6-14(10-13)24-18(19)20/h3,5-11,18,21-22H,2,4H2,1H3. The first kappa shape index (κ1) is 17.6. The fourth-order valence-corrected chi connectivity index (χ4v) is 2.28. The molecule has 0 heterocycles. The number of anilines is 2. The molecule has 0 spiro atoms. The number of halogens is 2. The molecule has 0 aliphatic heterocycles. The van der Waals surface area contributed by atoms with Crippen molar-refractivity contribution in [2.45, 2.75) is 26.4 Å². The molecule has 2 rings (SSSR count). The van der Waals surface area contributed by atoms with Gasteiger partial charge in [-0.25, -0.2) is 0 Å². The number of nitrogens with one attached hydrogen (secondary N) is 2. The topological polar surface area (TPSA) is 62.2 Å². The fourth-order valence-electron chi connectivity index (χ4n) is 2.28. The molecule has 0 saturated heterocycles. The summed E-state index contributed by atoms with van der Waals surface area (Å²) in [5.74, 6) is 0.0460. The average molecular weight is 332 g/mol. The second-order valence-corrected chi connectivity index (χ2v) is 5.18. The van der Waals surface area contributed by atoms with Crippen LogP contribution < -0.4 is 10.1 Å². The van der Waals surface area contributed by atoms with Crippen LogP contribution in [0.3, 0.4) is 0 Å². The zero-order valence-corrected chi connectivity index (χ0v) is 13.2. The van der Waals surface area contributed by atoms with E-state index in [1.54, 1.807) is 30.3 Å². The first-order valence-electron chi connectivity index (χ1n) is 7.52. The van der Waals surface area contributed by atoms with E-state index in [2.05, 4.69) is 10.1 Å². The Morgan fingerprint density at radius 2 is 2.08 bits per heavy atom. The van der Waals surface area contributed by atoms with E-state index in [-0.39, 0.29) is 5.75 Å². The van der Waals surface area contributed by atoms with Crippen molar-refractivity contribution in [3.8, 4) is 5.75 Å². The molecule has 0 amide bonds. The number of carbonyl (C=O) groups excluding carboxylic acids is 1. The van der Waals surface area contributed by atoms with Gasteiger partial charge in [0.25, 0.3) is 0 Å². The Kier molecular flexibility index (Phi) is 6.01. The first-order chi connectivity index (χ1) is 11.5. The van der Waals surface area contributed by atoms with E-state index in [0.29, 0.717) is 34.6 Å². The van der Waals surface area contributed by atoms with Crippen molar-refractivity contribution in [2.75, 3.05) is 5.32 Å². The first-order valence-corrected chi connectivity index (χ1v) is 7.52. The average Bonchev–Trinajstić information content (AvgIpc) is 2.55. The maximum absolute atomic E-state index is 12.3. The van der Waals surface area contributed by atoms with Crippen molar-refractivity contribution in [1.29, 1.82) is 5.41 Å². The van der Waals surface area contributed by atoms with Crippen molar-refractivity contribution in [2.24, 2.45) is 0 Å². The largest absolute Gasteiger partial charge is 0.435 e. The number of aldehydes is 1. The van der Waals surface area contributed by atoms with Gasteiger partial charge in [-0.05, 0) is 36.8 Å². The van der Waals surface area contributed by atoms with Crippen LogP contribution >= 0.6 is 0 Å². The van der Waals surface area contributed by atoms with Crippen LogP contribution in [0.5, 0.6) is 5.75 Å². The number of rotatable bonds is 8. The lowest BCUT2D eigenvalue weighted by Gasteiger charge is -2.14. The molecule has 6 heteroatoms. The van der Waals surface area contributed by atoms with Crippen molar-refractivity contribution in [3.63, 3.8) is 0 Å². The van der Waals surface area contributed by atoms with Gasteiger partial charge in [0.05, 0.1) is 0 Å². The van der Waals surface area contributed by atoms with E-state index in [1.807, 2.05) is 6.92 Å². The van der Waals surface area contributed by atoms with Gasteiger partial charge in [0.15, 0.2) is 0 Å². The number of carbonyl (C=O) groups is 1. The third-order valence-electron chi connectivity index (χ3n) is 3.34. The molecule has 0 unspecified atom stereocenters. The molecule has 0 radical (unpaired) electrons. The number of hydrogen-bond donors (Lipinski definition) is 2. The van der Waals surface area contributed by atoms with E-state index < -0.39 is 6.61 Å². The zero-order chi connectivity index (χ0) is 17.5. The van der Waals surface area contributed by atoms with Gasteiger partial charge < -0.3 is 15.5 Å². The highest BCUT2D eigenvalue weighted by Gasteiger charge is 2.10. The number of ether oxygens (including phenoxy) is 1. The number of alkyl halides is 2. The SMILES string of the molecule is CCCC(=N)c1cc(C=O)ccc1Nc1cccc(OC(F)F)c1. The fraction of sp³-hybridized carbons (Fsp3) is 0.222. The van der Waals surface area contributed by atoms with Crippen molar-refractivity contribution >= 4 is 23.4 Å². The van der Waals surface area contributed by atoms with Gasteiger partial charge in [0, 0.05) is 34.3 Å². The predicted octanol–water partition coefficient (Wildman–Crippen LogP) is 5.01. The molecule has 2 N–H and O–H groups in total. The van der Waals surface area contributed by atoms with Crippen molar-refractivity contribution in [3.05, 3.63) is 53.6 Å². The molecule has 0 aromatic heterocycles. The molecule has 0 fully saturated rings. The summed E-state index contributed by atoms with van der Waals surface area (Å²) in [6.07, 6.45) is 2.11. The Labute approximate surface area is 139 Å². The minimum Gasteiger partial charge on any atom is -0.435 e. The van der Waals surface area contributed by atoms with E-state index in [1.165, 1.54) is 12.1 Å². The van der Waals surface area contributed by atoms with Gasteiger partial charge in [-0.3, -0.25) is 4.79 Å². The molecule has 0 saturated carbocycles. The summed E-state index contributed by atoms with van der Waals surface area (Å²) in [4.78, 5) is 11.0. The molecular formula is C18H18F2N2O2. The van der Waals surface area contributed by atoms with Crippen LogP contribution in [-0.4, -0.2) is 18.6 Å². The summed E-state index contributed by atoms with van der Waals surface area (Å²) in [6, 6.07) is 11.2. The minimum absolute atomic E-state index is 0.0460. The van der Waals surface area contributed by atoms with E-state index in [9.17, 15) is 13.6 Å². The lowest BCUT2D eigenvalue weighted by molar-refractivity contribution is -0.0498. The molecule has 24 heavy (non-hydrogen) atoms. The summed E-state index contributed by atoms with van der Waals surface area (Å²) >= 11 is 0. The monoisotopic (exact) mass is 332 g/mol. The van der Waals surface area contributed by atoms with Crippen molar-refractivity contribution < 1.29 is 18.3 Å². The van der Waals surface area contributed by atoms with Crippen LogP contribution in [0, 0.1) is 5.41 Å². The highest BCUT2D eigenvalue weighted by molar-refractivity contribution is 6.04. The maximum atomic E-state index is 12.3. The maximum Gasteiger partial charge on any atom is 0.387 e. The Balaban J connectivity index is 2.31. The Morgan fingerprint density at radius 1 is 1.29 bits per heavy atom. The van der Waals surface area contributed by atoms with Crippen LogP contribution in [0.15, 0.2) is 42.5 Å². The Morgan fingerprint density at radius 3 is 2.75 bits per heavy atom. The summed E-state index contributed by atoms with van der Waals surface area (Å²) in [7, 11) is 0. The van der Waals surface area contributed by atoms with Gasteiger partial charge in [0.1, 0.15) is 12.0 Å². The smallest absolute Gasteiger partial charge is 0.387 e. The third-order valence-corrected chi connectivity index (χ3v) is 3.34. The molecule has 2 aromatic carbocycles. The van der Waals surface area contributed by atoms with Gasteiger partial charge in [-0.15, -0.1) is 0 Å². The van der Waals surface area contributed by atoms with Gasteiger partial charge in [0.2, 0.25) is 0 Å². The quantitative estimate of drug-likeness (QED) is 0.527. The van der Waals surface area contributed by atoms with Gasteiger partial charge >= 0.3 is 6.61 Å². The normalized spacial score (nSPS) is 10.5. The minimum atomic E-state index is -2.89. The lowest BCUT2D eigenvalue weighted by Crippen LogP contribution is -2.05. The van der Waals surface area contributed by atoms with E-state index in [4.69, 9.17) is 5.41 Å². The molecule has 0 aliphatic carbocycles. The Bertz CT molecular complexity index is 733. The molecule has 2 aromatic rings. The summed E-state index contributed by atoms with van der Waals surface area (Å²) in [5, 5.41) is 11.3. The third kappa shape index (κ3) is 4.62. The molecular weight excluding hydrogens is 314 g/mol. The predicted molar refractivity (Wildman–Crippen MR) is 89.9 cm³/mol. The highest BCUT2D eigenvalue weighted by atomic mass is 19.3. The number of benzene rings is 2. The van der Waals surface area contributed by atoms with Crippen molar-refractivity contribution in [1.82, 2.24) is 0 Å². The van der Waals surface area contributed by atoms with E-state index >= 15 is 0 Å². The molecule has 4 nitrogen and oxygen atoms in total. The highest BCUT2D eigenvalue weighted by Crippen LogP contribution is 2.26. The van der Waals surface area contributed by atoms with Gasteiger partial charge in [-0.2, -0.15) is 8.78 Å². The molecule has 126 valence electrons. The second-order valence-electron chi connectivity index (χ2n) is 5.18. The summed E-state index contributed by atoms with van der Waals surface area (Å²) in [5.41, 5.74) is 2.68. The summed E-state index contributed by atoms with van der Waals surface area (Å²) < 4.78 is 29.0. The molecule has 0 aliphatic rings.